The van der Waals surface area contributed by atoms with Crippen LogP contribution in [0.25, 0.3) is 29.0 Å². The van der Waals surface area contributed by atoms with Gasteiger partial charge in [0.05, 0.1) is 0 Å². The Morgan fingerprint density at radius 3 is 2.36 bits per heavy atom. The summed E-state index contributed by atoms with van der Waals surface area (Å²) in [6.07, 6.45) is 18.1. The van der Waals surface area contributed by atoms with Gasteiger partial charge in [-0.15, -0.1) is 5.73 Å². The van der Waals surface area contributed by atoms with E-state index in [1.54, 1.807) is 0 Å². The summed E-state index contributed by atoms with van der Waals surface area (Å²) < 4.78 is 6.07. The number of hydrogen-bond acceptors (Lipinski definition) is 1. The largest absolute Gasteiger partial charge is 0.457 e. The van der Waals surface area contributed by atoms with Gasteiger partial charge in [0.1, 0.15) is 11.5 Å². The third kappa shape index (κ3) is 4.29. The molecule has 0 aliphatic heterocycles. The third-order valence-corrected chi connectivity index (χ3v) is 4.39. The van der Waals surface area contributed by atoms with Crippen molar-refractivity contribution in [3.05, 3.63) is 132 Å². The van der Waals surface area contributed by atoms with Gasteiger partial charge in [-0.3, -0.25) is 0 Å². The molecule has 134 valence electrons. The lowest BCUT2D eigenvalue weighted by Gasteiger charge is -2.06. The summed E-state index contributed by atoms with van der Waals surface area (Å²) in [7, 11) is 0. The second-order valence-electron chi connectivity index (χ2n) is 6.35. The van der Waals surface area contributed by atoms with Gasteiger partial charge >= 0.3 is 0 Å². The third-order valence-electron chi connectivity index (χ3n) is 4.39. The van der Waals surface area contributed by atoms with Crippen LogP contribution in [0.15, 0.2) is 119 Å². The van der Waals surface area contributed by atoms with E-state index in [4.69, 9.17) is 4.42 Å². The van der Waals surface area contributed by atoms with Crippen molar-refractivity contribution >= 4 is 17.7 Å². The molecule has 3 aromatic rings. The summed E-state index contributed by atoms with van der Waals surface area (Å²) in [5.74, 6) is 1.67. The first kappa shape index (κ1) is 17.6. The Morgan fingerprint density at radius 1 is 0.679 bits per heavy atom. The highest BCUT2D eigenvalue weighted by Gasteiger charge is 2.10. The molecule has 0 spiro atoms. The first-order valence-electron chi connectivity index (χ1n) is 9.29. The first-order chi connectivity index (χ1) is 13.9. The Balaban J connectivity index is 1.56. The Kier molecular flexibility index (Phi) is 5.49. The maximum absolute atomic E-state index is 6.07. The highest BCUT2D eigenvalue weighted by Crippen LogP contribution is 2.31. The average molecular weight is 360 g/mol. The summed E-state index contributed by atoms with van der Waals surface area (Å²) >= 11 is 0. The summed E-state index contributed by atoms with van der Waals surface area (Å²) in [4.78, 5) is 0. The highest BCUT2D eigenvalue weighted by molar-refractivity contribution is 5.84. The molecule has 1 aromatic heterocycles. The molecular weight excluding hydrogens is 340 g/mol. The van der Waals surface area contributed by atoms with Crippen LogP contribution in [0.5, 0.6) is 0 Å². The van der Waals surface area contributed by atoms with E-state index in [-0.39, 0.29) is 0 Å². The van der Waals surface area contributed by atoms with Gasteiger partial charge < -0.3 is 4.42 Å². The number of hydrogen-bond donors (Lipinski definition) is 0. The molecule has 0 atom stereocenters. The zero-order valence-electron chi connectivity index (χ0n) is 15.5. The lowest BCUT2D eigenvalue weighted by Crippen LogP contribution is -1.85. The van der Waals surface area contributed by atoms with Crippen molar-refractivity contribution in [1.82, 2.24) is 0 Å². The number of allylic oxidation sites excluding steroid dienone is 7. The van der Waals surface area contributed by atoms with Crippen LogP contribution in [-0.4, -0.2) is 0 Å². The van der Waals surface area contributed by atoms with Crippen LogP contribution >= 0.6 is 0 Å². The molecule has 0 saturated carbocycles. The van der Waals surface area contributed by atoms with E-state index in [1.165, 1.54) is 5.56 Å². The highest BCUT2D eigenvalue weighted by atomic mass is 16.3. The molecule has 1 heterocycles. The molecule has 1 aliphatic carbocycles. The fourth-order valence-electron chi connectivity index (χ4n) is 3.03. The van der Waals surface area contributed by atoms with E-state index >= 15 is 0 Å². The van der Waals surface area contributed by atoms with E-state index in [2.05, 4.69) is 42.1 Å². The van der Waals surface area contributed by atoms with Crippen LogP contribution in [-0.2, 0) is 0 Å². The maximum atomic E-state index is 6.07. The summed E-state index contributed by atoms with van der Waals surface area (Å²) in [6, 6.07) is 22.5. The summed E-state index contributed by atoms with van der Waals surface area (Å²) in [6.45, 7) is 0. The molecule has 0 N–H and O–H groups in total. The fourth-order valence-corrected chi connectivity index (χ4v) is 3.03. The van der Waals surface area contributed by atoms with Crippen LogP contribution in [0.4, 0.5) is 0 Å². The second kappa shape index (κ2) is 8.73. The Bertz CT molecular complexity index is 1130. The molecule has 1 heteroatoms. The average Bonchev–Trinajstić information content (AvgIpc) is 3.05. The Labute approximate surface area is 165 Å². The lowest BCUT2D eigenvalue weighted by atomic mass is 9.98. The standard InChI is InChI=1S/C27H20O/c1-2-7-16-23(15-6-1)25-18-10-11-19-26(25)27-21-20-24(28-27)17-9-8-14-22-12-4-3-5-13-22/h1-15,17-21H/b14-8+,17-9+. The Hall–Kier alpha value is -3.80. The number of furan rings is 1. The van der Waals surface area contributed by atoms with Crippen molar-refractivity contribution in [2.75, 3.05) is 0 Å². The molecule has 28 heavy (non-hydrogen) atoms. The molecule has 0 saturated heterocycles. The number of rotatable bonds is 5. The van der Waals surface area contributed by atoms with Crippen LogP contribution < -0.4 is 0 Å². The fraction of sp³-hybridized carbons (Fsp3) is 0. The molecule has 0 fully saturated rings. The molecule has 0 radical (unpaired) electrons. The SMILES string of the molecule is C1=CC=CC=CC=1c1ccccc1-c1ccc(/C=C/C=C/c2ccccc2)o1. The van der Waals surface area contributed by atoms with Crippen LogP contribution in [0.2, 0.25) is 0 Å². The molecule has 1 aliphatic rings. The minimum Gasteiger partial charge on any atom is -0.457 e. The van der Waals surface area contributed by atoms with Crippen molar-refractivity contribution in [2.45, 2.75) is 0 Å². The van der Waals surface area contributed by atoms with Gasteiger partial charge in [0.25, 0.3) is 0 Å². The lowest BCUT2D eigenvalue weighted by molar-refractivity contribution is 0.571. The first-order valence-corrected chi connectivity index (χ1v) is 9.29. The Morgan fingerprint density at radius 2 is 1.46 bits per heavy atom. The van der Waals surface area contributed by atoms with Crippen molar-refractivity contribution in [3.8, 4) is 11.3 Å². The minimum absolute atomic E-state index is 0.824. The van der Waals surface area contributed by atoms with Crippen LogP contribution in [0.3, 0.4) is 0 Å². The minimum atomic E-state index is 0.824. The zero-order chi connectivity index (χ0) is 19.0. The van der Waals surface area contributed by atoms with Gasteiger partial charge in [-0.05, 0) is 35.9 Å². The van der Waals surface area contributed by atoms with E-state index in [1.807, 2.05) is 85.0 Å². The molecule has 0 amide bonds. The summed E-state index contributed by atoms with van der Waals surface area (Å²) in [5, 5.41) is 0. The molecule has 4 rings (SSSR count). The van der Waals surface area contributed by atoms with Crippen molar-refractivity contribution in [2.24, 2.45) is 0 Å². The monoisotopic (exact) mass is 360 g/mol. The van der Waals surface area contributed by atoms with Crippen molar-refractivity contribution < 1.29 is 4.42 Å². The zero-order valence-corrected chi connectivity index (χ0v) is 15.5. The van der Waals surface area contributed by atoms with Gasteiger partial charge in [0.15, 0.2) is 0 Å². The van der Waals surface area contributed by atoms with Crippen molar-refractivity contribution in [1.29, 1.82) is 0 Å². The molecule has 1 nitrogen and oxygen atoms in total. The van der Waals surface area contributed by atoms with E-state index in [9.17, 15) is 0 Å². The van der Waals surface area contributed by atoms with E-state index in [0.29, 0.717) is 0 Å². The topological polar surface area (TPSA) is 13.1 Å². The van der Waals surface area contributed by atoms with Crippen LogP contribution in [0.1, 0.15) is 16.9 Å². The smallest absolute Gasteiger partial charge is 0.135 e. The van der Waals surface area contributed by atoms with Gasteiger partial charge in [0, 0.05) is 16.7 Å². The molecular formula is C27H20O. The molecule has 0 unspecified atom stereocenters. The molecule has 0 bridgehead atoms. The normalized spacial score (nSPS) is 13.4. The maximum Gasteiger partial charge on any atom is 0.135 e. The van der Waals surface area contributed by atoms with Gasteiger partial charge in [-0.25, -0.2) is 0 Å². The van der Waals surface area contributed by atoms with Gasteiger partial charge in [-0.1, -0.05) is 91.1 Å². The van der Waals surface area contributed by atoms with Crippen LogP contribution in [0, 0.1) is 0 Å². The molecule has 2 aromatic carbocycles. The summed E-state index contributed by atoms with van der Waals surface area (Å²) in [5.41, 5.74) is 7.71. The second-order valence-corrected chi connectivity index (χ2v) is 6.35. The van der Waals surface area contributed by atoms with Gasteiger partial charge in [-0.2, -0.15) is 0 Å². The van der Waals surface area contributed by atoms with E-state index in [0.717, 1.165) is 28.2 Å². The van der Waals surface area contributed by atoms with Gasteiger partial charge in [0.2, 0.25) is 0 Å². The quantitative estimate of drug-likeness (QED) is 0.343. The number of benzene rings is 2. The van der Waals surface area contributed by atoms with E-state index < -0.39 is 0 Å². The predicted octanol–water partition coefficient (Wildman–Crippen LogP) is 7.34. The predicted molar refractivity (Wildman–Crippen MR) is 118 cm³/mol. The van der Waals surface area contributed by atoms with Crippen molar-refractivity contribution in [3.63, 3.8) is 0 Å².